The van der Waals surface area contributed by atoms with Crippen molar-refractivity contribution in [3.8, 4) is 0 Å². The molecule has 20 heavy (non-hydrogen) atoms. The first-order valence-electron chi connectivity index (χ1n) is 7.27. The van der Waals surface area contributed by atoms with E-state index in [4.69, 9.17) is 0 Å². The Hall–Kier alpha value is -1.28. The molecule has 5 heteroatoms. The lowest BCUT2D eigenvalue weighted by atomic mass is 10.4. The highest BCUT2D eigenvalue weighted by Crippen LogP contribution is 1.84. The molecule has 0 aromatic carbocycles. The number of nitrogens with zero attached hydrogens (tertiary/aromatic N) is 5. The highest BCUT2D eigenvalue weighted by atomic mass is 15.0. The summed E-state index contributed by atoms with van der Waals surface area (Å²) in [6.45, 7) is 12.7. The van der Waals surface area contributed by atoms with Crippen LogP contribution in [0, 0.1) is 0 Å². The van der Waals surface area contributed by atoms with Crippen molar-refractivity contribution in [1.82, 2.24) is 4.90 Å². The van der Waals surface area contributed by atoms with E-state index in [-0.39, 0.29) is 0 Å². The summed E-state index contributed by atoms with van der Waals surface area (Å²) in [5, 5.41) is 0. The van der Waals surface area contributed by atoms with E-state index in [1.807, 2.05) is 34.6 Å². The normalized spacial score (nSPS) is 9.50. The molecule has 0 saturated heterocycles. The van der Waals surface area contributed by atoms with E-state index in [1.54, 1.807) is 0 Å². The van der Waals surface area contributed by atoms with Gasteiger partial charge in [-0.15, -0.1) is 0 Å². The molecule has 0 aliphatic carbocycles. The van der Waals surface area contributed by atoms with E-state index in [0.717, 1.165) is 26.1 Å². The lowest BCUT2D eigenvalue weighted by Crippen LogP contribution is -2.13. The second-order valence-corrected chi connectivity index (χ2v) is 5.16. The largest absolute Gasteiger partial charge is 0.309 e. The Morgan fingerprint density at radius 2 is 1.45 bits per heavy atom. The van der Waals surface area contributed by atoms with Crippen molar-refractivity contribution in [1.29, 1.82) is 0 Å². The van der Waals surface area contributed by atoms with Gasteiger partial charge in [0.2, 0.25) is 0 Å². The summed E-state index contributed by atoms with van der Waals surface area (Å²) in [6.07, 6.45) is 1.08. The van der Waals surface area contributed by atoms with Crippen molar-refractivity contribution in [3.05, 3.63) is 0 Å². The van der Waals surface area contributed by atoms with Gasteiger partial charge in [-0.1, -0.05) is 0 Å². The van der Waals surface area contributed by atoms with Gasteiger partial charge in [-0.3, -0.25) is 0 Å². The maximum Gasteiger partial charge on any atom is 0.0897 e. The van der Waals surface area contributed by atoms with Crippen molar-refractivity contribution < 1.29 is 0 Å². The van der Waals surface area contributed by atoms with Gasteiger partial charge in [0, 0.05) is 6.54 Å². The molecule has 0 unspecified atom stereocenters. The van der Waals surface area contributed by atoms with E-state index in [9.17, 15) is 0 Å². The van der Waals surface area contributed by atoms with E-state index in [2.05, 4.69) is 51.0 Å². The molecule has 0 atom stereocenters. The fraction of sp³-hybridized carbons (Fsp3) is 0.867. The summed E-state index contributed by atoms with van der Waals surface area (Å²) in [7, 11) is 4.12. The molecule has 0 amide bonds. The minimum atomic E-state index is 0.312. The summed E-state index contributed by atoms with van der Waals surface area (Å²) in [5.74, 6) is 0. The Balaban J connectivity index is 0. The zero-order chi connectivity index (χ0) is 15.8. The van der Waals surface area contributed by atoms with Crippen molar-refractivity contribution in [2.75, 3.05) is 33.7 Å². The molecular formula is C15H31N5. The monoisotopic (exact) mass is 281 g/mol. The molecule has 0 saturated carbocycles. The molecule has 0 heterocycles. The van der Waals surface area contributed by atoms with Crippen molar-refractivity contribution >= 4 is 12.0 Å². The van der Waals surface area contributed by atoms with Crippen LogP contribution in [0.3, 0.4) is 0 Å². The number of rotatable bonds is 7. The van der Waals surface area contributed by atoms with Gasteiger partial charge >= 0.3 is 0 Å². The predicted octanol–water partition coefficient (Wildman–Crippen LogP) is 3.11. The number of aliphatic imine (C=N–C) groups is 4. The molecule has 0 rings (SSSR count). The molecule has 0 fully saturated rings. The molecule has 0 aliphatic heterocycles. The summed E-state index contributed by atoms with van der Waals surface area (Å²) < 4.78 is 0. The minimum absolute atomic E-state index is 0.312. The number of hydrogen-bond acceptors (Lipinski definition) is 5. The quantitative estimate of drug-likeness (QED) is 0.522. The zero-order valence-corrected chi connectivity index (χ0v) is 14.2. The first-order chi connectivity index (χ1) is 9.40. The molecule has 5 nitrogen and oxygen atoms in total. The van der Waals surface area contributed by atoms with Crippen LogP contribution in [0.25, 0.3) is 0 Å². The fourth-order valence-corrected chi connectivity index (χ4v) is 0.901. The predicted molar refractivity (Wildman–Crippen MR) is 88.6 cm³/mol. The standard InChI is InChI=1S/C8H17N3.C7H14N2/c1-4-9-8-10-6-5-7-11(2)3;1-6(2)8-5-9-7(3)4/h4-7H2,1-3H3;6-7H,1-4H3. The van der Waals surface area contributed by atoms with Gasteiger partial charge in [-0.2, -0.15) is 0 Å². The lowest BCUT2D eigenvalue weighted by Gasteiger charge is -2.05. The first kappa shape index (κ1) is 21.0. The van der Waals surface area contributed by atoms with E-state index in [1.165, 1.54) is 0 Å². The van der Waals surface area contributed by atoms with Crippen LogP contribution >= 0.6 is 0 Å². The van der Waals surface area contributed by atoms with Crippen LogP contribution in [0.1, 0.15) is 41.0 Å². The minimum Gasteiger partial charge on any atom is -0.309 e. The zero-order valence-electron chi connectivity index (χ0n) is 14.2. The molecule has 0 spiro atoms. The Morgan fingerprint density at radius 3 is 1.85 bits per heavy atom. The Labute approximate surface area is 124 Å². The summed E-state index contributed by atoms with van der Waals surface area (Å²) in [6, 6.07) is 5.90. The Bertz CT molecular complexity index is 307. The summed E-state index contributed by atoms with van der Waals surface area (Å²) in [4.78, 5) is 17.9. The second-order valence-electron chi connectivity index (χ2n) is 5.16. The maximum atomic E-state index is 3.99. The first-order valence-corrected chi connectivity index (χ1v) is 7.27. The van der Waals surface area contributed by atoms with Gasteiger partial charge in [0.15, 0.2) is 0 Å². The van der Waals surface area contributed by atoms with Crippen molar-refractivity contribution in [2.45, 2.75) is 53.1 Å². The van der Waals surface area contributed by atoms with Gasteiger partial charge < -0.3 is 4.90 Å². The molecule has 0 radical (unpaired) electrons. The highest BCUT2D eigenvalue weighted by molar-refractivity contribution is 5.41. The van der Waals surface area contributed by atoms with Gasteiger partial charge in [0.1, 0.15) is 0 Å². The van der Waals surface area contributed by atoms with Crippen molar-refractivity contribution in [3.63, 3.8) is 0 Å². The van der Waals surface area contributed by atoms with Crippen LogP contribution in [0.4, 0.5) is 0 Å². The van der Waals surface area contributed by atoms with Gasteiger partial charge in [-0.25, -0.2) is 20.0 Å². The van der Waals surface area contributed by atoms with Crippen LogP contribution in [-0.4, -0.2) is 62.7 Å². The van der Waals surface area contributed by atoms with E-state index >= 15 is 0 Å². The van der Waals surface area contributed by atoms with Gasteiger partial charge in [-0.05, 0) is 61.7 Å². The third kappa shape index (κ3) is 25.5. The molecule has 0 aliphatic rings. The second kappa shape index (κ2) is 15.8. The van der Waals surface area contributed by atoms with Crippen LogP contribution in [-0.2, 0) is 0 Å². The van der Waals surface area contributed by atoms with Crippen LogP contribution in [0.15, 0.2) is 20.0 Å². The van der Waals surface area contributed by atoms with Gasteiger partial charge in [0.05, 0.1) is 30.6 Å². The molecule has 0 aromatic rings. The molecule has 0 bridgehead atoms. The highest BCUT2D eigenvalue weighted by Gasteiger charge is 1.86. The summed E-state index contributed by atoms with van der Waals surface area (Å²) >= 11 is 0. The van der Waals surface area contributed by atoms with Gasteiger partial charge in [0.25, 0.3) is 0 Å². The molecule has 0 aromatic heterocycles. The van der Waals surface area contributed by atoms with E-state index < -0.39 is 0 Å². The molecule has 0 N–H and O–H groups in total. The van der Waals surface area contributed by atoms with E-state index in [0.29, 0.717) is 12.1 Å². The Morgan fingerprint density at radius 1 is 0.900 bits per heavy atom. The Kier molecular flexibility index (Phi) is 16.6. The third-order valence-corrected chi connectivity index (χ3v) is 1.81. The topological polar surface area (TPSA) is 52.7 Å². The SMILES string of the molecule is CC(C)N=C=NC(C)C.CCN=C=NCCCN(C)C. The third-order valence-electron chi connectivity index (χ3n) is 1.81. The van der Waals surface area contributed by atoms with Crippen LogP contribution < -0.4 is 0 Å². The summed E-state index contributed by atoms with van der Waals surface area (Å²) in [5.41, 5.74) is 0. The molecular weight excluding hydrogens is 250 g/mol. The maximum absolute atomic E-state index is 3.99. The van der Waals surface area contributed by atoms with Crippen LogP contribution in [0.5, 0.6) is 0 Å². The fourth-order valence-electron chi connectivity index (χ4n) is 0.901. The van der Waals surface area contributed by atoms with Crippen molar-refractivity contribution in [2.24, 2.45) is 20.0 Å². The average Bonchev–Trinajstić information content (AvgIpc) is 2.33. The number of hydrogen-bond donors (Lipinski definition) is 0. The molecule has 116 valence electrons. The van der Waals surface area contributed by atoms with Crippen LogP contribution in [0.2, 0.25) is 0 Å². The lowest BCUT2D eigenvalue weighted by molar-refractivity contribution is 0.403. The smallest absolute Gasteiger partial charge is 0.0897 e. The average molecular weight is 281 g/mol.